The zero-order valence-corrected chi connectivity index (χ0v) is 15.4. The molecule has 0 aromatic carbocycles. The molecule has 26 heavy (non-hydrogen) atoms. The Morgan fingerprint density at radius 3 is 2.77 bits per heavy atom. The molecule has 2 aliphatic rings. The third kappa shape index (κ3) is 3.73. The van der Waals surface area contributed by atoms with Gasteiger partial charge in [0, 0.05) is 25.6 Å². The second kappa shape index (κ2) is 7.72. The number of allylic oxidation sites excluding steroid dienone is 3. The predicted molar refractivity (Wildman–Crippen MR) is 93.0 cm³/mol. The summed E-state index contributed by atoms with van der Waals surface area (Å²) < 4.78 is 30.4. The first kappa shape index (κ1) is 18.8. The second-order valence-corrected chi connectivity index (χ2v) is 6.96. The van der Waals surface area contributed by atoms with Crippen molar-refractivity contribution in [3.63, 3.8) is 0 Å². The number of aliphatic hydroxyl groups is 1. The van der Waals surface area contributed by atoms with Gasteiger partial charge in [0.15, 0.2) is 18.3 Å². The van der Waals surface area contributed by atoms with Gasteiger partial charge in [-0.2, -0.15) is 0 Å². The van der Waals surface area contributed by atoms with Gasteiger partial charge in [-0.15, -0.1) is 0 Å². The largest absolute Gasteiger partial charge is 0.489 e. The zero-order valence-electron chi connectivity index (χ0n) is 15.4. The molecule has 1 aromatic heterocycles. The molecule has 0 aliphatic heterocycles. The van der Waals surface area contributed by atoms with E-state index in [1.807, 2.05) is 19.9 Å². The van der Waals surface area contributed by atoms with E-state index in [-0.39, 0.29) is 48.7 Å². The van der Waals surface area contributed by atoms with Crippen LogP contribution in [-0.4, -0.2) is 42.2 Å². The van der Waals surface area contributed by atoms with E-state index in [2.05, 4.69) is 9.97 Å². The molecular formula is C19H25FN2O4. The van der Waals surface area contributed by atoms with Crippen LogP contribution >= 0.6 is 0 Å². The number of aliphatic hydroxyl groups excluding tert-OH is 1. The number of methoxy groups -OCH3 is 1. The number of aryl methyl sites for hydroxylation is 2. The Hall–Kier alpha value is -1.99. The van der Waals surface area contributed by atoms with Crippen molar-refractivity contribution in [1.29, 1.82) is 0 Å². The number of ether oxygens (including phenoxy) is 3. The first-order valence-corrected chi connectivity index (χ1v) is 8.72. The average molecular weight is 364 g/mol. The molecule has 6 nitrogen and oxygen atoms in total. The Bertz CT molecular complexity index is 721. The summed E-state index contributed by atoms with van der Waals surface area (Å²) in [4.78, 5) is 8.47. The van der Waals surface area contributed by atoms with Crippen molar-refractivity contribution < 1.29 is 23.7 Å². The van der Waals surface area contributed by atoms with Gasteiger partial charge in [-0.3, -0.25) is 0 Å². The molecule has 0 radical (unpaired) electrons. The lowest BCUT2D eigenvalue weighted by atomic mass is 9.82. The molecule has 1 heterocycles. The van der Waals surface area contributed by atoms with Gasteiger partial charge in [0.1, 0.15) is 11.7 Å². The highest BCUT2D eigenvalue weighted by molar-refractivity contribution is 5.28. The Balaban J connectivity index is 1.69. The standard InChI is InChI=1S/C19H25FN2O4/c1-12-18(8-21-13(2)22-12)25-10-19(7-15(19)9-23)14-4-5-17(16(20)6-14)26-11-24-3/h4-5,8,14-15,23H,6-7,9-11H2,1-3H3/t14?,15-,19+/m0/s1. The van der Waals surface area contributed by atoms with E-state index in [1.54, 1.807) is 12.3 Å². The van der Waals surface area contributed by atoms with Crippen LogP contribution in [0.2, 0.25) is 0 Å². The van der Waals surface area contributed by atoms with Crippen molar-refractivity contribution in [3.8, 4) is 5.75 Å². The summed E-state index contributed by atoms with van der Waals surface area (Å²) in [5, 5.41) is 9.64. The average Bonchev–Trinajstić information content (AvgIpc) is 3.35. The first-order valence-electron chi connectivity index (χ1n) is 8.72. The quantitative estimate of drug-likeness (QED) is 0.715. The summed E-state index contributed by atoms with van der Waals surface area (Å²) in [7, 11) is 1.49. The van der Waals surface area contributed by atoms with Crippen molar-refractivity contribution in [1.82, 2.24) is 9.97 Å². The van der Waals surface area contributed by atoms with Crippen LogP contribution in [0.1, 0.15) is 24.4 Å². The van der Waals surface area contributed by atoms with E-state index in [9.17, 15) is 9.50 Å². The minimum atomic E-state index is -0.299. The molecule has 3 atom stereocenters. The number of rotatable bonds is 8. The Labute approximate surface area is 152 Å². The van der Waals surface area contributed by atoms with Gasteiger partial charge >= 0.3 is 0 Å². The molecule has 1 N–H and O–H groups in total. The predicted octanol–water partition coefficient (Wildman–Crippen LogP) is 2.85. The number of hydrogen-bond acceptors (Lipinski definition) is 6. The van der Waals surface area contributed by atoms with Crippen LogP contribution in [0.4, 0.5) is 4.39 Å². The smallest absolute Gasteiger partial charge is 0.188 e. The van der Waals surface area contributed by atoms with Gasteiger partial charge in [-0.1, -0.05) is 6.08 Å². The van der Waals surface area contributed by atoms with Crippen LogP contribution in [-0.2, 0) is 9.47 Å². The molecule has 7 heteroatoms. The Morgan fingerprint density at radius 1 is 1.35 bits per heavy atom. The van der Waals surface area contributed by atoms with Gasteiger partial charge in [0.25, 0.3) is 0 Å². The lowest BCUT2D eigenvalue weighted by Crippen LogP contribution is -2.27. The normalized spacial score (nSPS) is 27.6. The van der Waals surface area contributed by atoms with E-state index < -0.39 is 0 Å². The summed E-state index contributed by atoms with van der Waals surface area (Å²) in [6.07, 6.45) is 6.29. The van der Waals surface area contributed by atoms with Crippen LogP contribution in [0.5, 0.6) is 5.75 Å². The van der Waals surface area contributed by atoms with E-state index in [1.165, 1.54) is 7.11 Å². The van der Waals surface area contributed by atoms with Crippen LogP contribution in [0, 0.1) is 31.1 Å². The summed E-state index contributed by atoms with van der Waals surface area (Å²) in [5.74, 6) is 1.27. The molecule has 3 rings (SSSR count). The minimum Gasteiger partial charge on any atom is -0.489 e. The fraction of sp³-hybridized carbons (Fsp3) is 0.579. The topological polar surface area (TPSA) is 73.7 Å². The van der Waals surface area contributed by atoms with Crippen LogP contribution in [0.3, 0.4) is 0 Å². The maximum atomic E-state index is 14.4. The molecule has 0 saturated heterocycles. The van der Waals surface area contributed by atoms with Crippen LogP contribution < -0.4 is 4.74 Å². The van der Waals surface area contributed by atoms with Crippen LogP contribution in [0.15, 0.2) is 29.9 Å². The molecule has 1 aromatic rings. The third-order valence-electron chi connectivity index (χ3n) is 5.27. The highest BCUT2D eigenvalue weighted by atomic mass is 19.1. The third-order valence-corrected chi connectivity index (χ3v) is 5.27. The number of hydrogen-bond donors (Lipinski definition) is 1. The first-order chi connectivity index (χ1) is 12.5. The van der Waals surface area contributed by atoms with Crippen molar-refractivity contribution in [2.24, 2.45) is 17.3 Å². The molecule has 142 valence electrons. The number of aromatic nitrogens is 2. The van der Waals surface area contributed by atoms with Crippen molar-refractivity contribution >= 4 is 0 Å². The SMILES string of the molecule is COCOC1=C(F)CC([C@]2(COc3cnc(C)nc3C)C[C@H]2CO)C=C1. The van der Waals surface area contributed by atoms with E-state index in [4.69, 9.17) is 14.2 Å². The van der Waals surface area contributed by atoms with Crippen LogP contribution in [0.25, 0.3) is 0 Å². The van der Waals surface area contributed by atoms with E-state index in [0.29, 0.717) is 18.2 Å². The van der Waals surface area contributed by atoms with Gasteiger partial charge in [-0.25, -0.2) is 14.4 Å². The molecule has 1 unspecified atom stereocenters. The summed E-state index contributed by atoms with van der Waals surface area (Å²) in [5.41, 5.74) is 0.488. The highest BCUT2D eigenvalue weighted by Crippen LogP contribution is 2.60. The van der Waals surface area contributed by atoms with Crippen molar-refractivity contribution in [2.75, 3.05) is 27.1 Å². The number of nitrogens with zero attached hydrogens (tertiary/aromatic N) is 2. The zero-order chi connectivity index (χ0) is 18.7. The van der Waals surface area contributed by atoms with Gasteiger partial charge < -0.3 is 19.3 Å². The van der Waals surface area contributed by atoms with Gasteiger partial charge in [0.05, 0.1) is 18.5 Å². The lowest BCUT2D eigenvalue weighted by molar-refractivity contribution is 0.00567. The van der Waals surface area contributed by atoms with Gasteiger partial charge in [0.2, 0.25) is 0 Å². The van der Waals surface area contributed by atoms with Gasteiger partial charge in [-0.05, 0) is 38.2 Å². The fourth-order valence-electron chi connectivity index (χ4n) is 3.61. The van der Waals surface area contributed by atoms with E-state index >= 15 is 0 Å². The molecule has 2 aliphatic carbocycles. The fourth-order valence-corrected chi connectivity index (χ4v) is 3.61. The highest BCUT2D eigenvalue weighted by Gasteiger charge is 2.59. The minimum absolute atomic E-state index is 0.0119. The summed E-state index contributed by atoms with van der Waals surface area (Å²) >= 11 is 0. The van der Waals surface area contributed by atoms with Crippen molar-refractivity contribution in [3.05, 3.63) is 41.5 Å². The summed E-state index contributed by atoms with van der Waals surface area (Å²) in [6.45, 7) is 4.16. The Morgan fingerprint density at radius 2 is 2.15 bits per heavy atom. The maximum Gasteiger partial charge on any atom is 0.188 e. The molecule has 1 fully saturated rings. The van der Waals surface area contributed by atoms with Crippen molar-refractivity contribution in [2.45, 2.75) is 26.7 Å². The molecular weight excluding hydrogens is 339 g/mol. The van der Waals surface area contributed by atoms with E-state index in [0.717, 1.165) is 12.1 Å². The Kier molecular flexibility index (Phi) is 5.58. The molecule has 1 saturated carbocycles. The molecule has 0 spiro atoms. The lowest BCUT2D eigenvalue weighted by Gasteiger charge is -2.28. The molecule has 0 amide bonds. The number of halogens is 1. The second-order valence-electron chi connectivity index (χ2n) is 6.96. The monoisotopic (exact) mass is 364 g/mol. The molecule has 0 bridgehead atoms. The summed E-state index contributed by atoms with van der Waals surface area (Å²) in [6, 6.07) is 0. The maximum absolute atomic E-state index is 14.4.